The van der Waals surface area contributed by atoms with E-state index < -0.39 is 0 Å². The van der Waals surface area contributed by atoms with Crippen LogP contribution in [0.15, 0.2) is 36.7 Å². The maximum Gasteiger partial charge on any atom is 0.264 e. The topological polar surface area (TPSA) is 36.4 Å². The second-order valence-corrected chi connectivity index (χ2v) is 6.63. The predicted octanol–water partition coefficient (Wildman–Crippen LogP) is 2.41. The first-order chi connectivity index (χ1) is 10.2. The zero-order valence-electron chi connectivity index (χ0n) is 12.2. The van der Waals surface area contributed by atoms with E-state index in [4.69, 9.17) is 0 Å². The van der Waals surface area contributed by atoms with Crippen LogP contribution in [0.2, 0.25) is 0 Å². The van der Waals surface area contributed by atoms with Crippen molar-refractivity contribution in [1.29, 1.82) is 0 Å². The third kappa shape index (κ3) is 3.49. The van der Waals surface area contributed by atoms with Crippen molar-refractivity contribution >= 4 is 17.2 Å². The molecule has 4 nitrogen and oxygen atoms in total. The summed E-state index contributed by atoms with van der Waals surface area (Å²) in [5.74, 6) is 0.175. The average molecular weight is 301 g/mol. The lowest BCUT2D eigenvalue weighted by Gasteiger charge is -2.34. The quantitative estimate of drug-likeness (QED) is 0.873. The van der Waals surface area contributed by atoms with E-state index in [2.05, 4.69) is 16.0 Å². The van der Waals surface area contributed by atoms with Crippen LogP contribution in [0, 0.1) is 6.92 Å². The normalized spacial score (nSPS) is 16.1. The minimum Gasteiger partial charge on any atom is -0.335 e. The number of hydrogen-bond donors (Lipinski definition) is 0. The Kier molecular flexibility index (Phi) is 4.31. The fourth-order valence-electron chi connectivity index (χ4n) is 2.56. The Morgan fingerprint density at radius 3 is 2.67 bits per heavy atom. The number of carbonyl (C=O) groups is 1. The molecule has 2 aromatic heterocycles. The molecule has 0 N–H and O–H groups in total. The van der Waals surface area contributed by atoms with Crippen LogP contribution < -0.4 is 0 Å². The maximum absolute atomic E-state index is 12.4. The van der Waals surface area contributed by atoms with E-state index >= 15 is 0 Å². The van der Waals surface area contributed by atoms with E-state index in [1.807, 2.05) is 36.2 Å². The molecule has 0 radical (unpaired) electrons. The summed E-state index contributed by atoms with van der Waals surface area (Å²) >= 11 is 1.58. The van der Waals surface area contributed by atoms with E-state index in [-0.39, 0.29) is 5.91 Å². The molecular formula is C16H19N3OS. The van der Waals surface area contributed by atoms with E-state index in [1.165, 1.54) is 10.4 Å². The molecule has 0 spiro atoms. The lowest BCUT2D eigenvalue weighted by atomic mass is 10.2. The van der Waals surface area contributed by atoms with Crippen molar-refractivity contribution in [3.63, 3.8) is 0 Å². The standard InChI is InChI=1S/C16H19N3OS/c1-13-4-5-15(21-13)16(20)19-9-7-18(8-10-19)12-14-3-2-6-17-11-14/h2-6,11H,7-10,12H2,1H3. The van der Waals surface area contributed by atoms with Gasteiger partial charge in [-0.3, -0.25) is 14.7 Å². The van der Waals surface area contributed by atoms with Crippen LogP contribution in [0.5, 0.6) is 0 Å². The largest absolute Gasteiger partial charge is 0.335 e. The number of hydrogen-bond acceptors (Lipinski definition) is 4. The Morgan fingerprint density at radius 2 is 2.05 bits per heavy atom. The third-order valence-corrected chi connectivity index (χ3v) is 4.73. The van der Waals surface area contributed by atoms with Crippen molar-refractivity contribution in [3.05, 3.63) is 52.0 Å². The van der Waals surface area contributed by atoms with Gasteiger partial charge in [-0.15, -0.1) is 11.3 Å². The second-order valence-electron chi connectivity index (χ2n) is 5.34. The first-order valence-corrected chi connectivity index (χ1v) is 8.01. The molecule has 3 rings (SSSR count). The van der Waals surface area contributed by atoms with E-state index in [1.54, 1.807) is 17.5 Å². The maximum atomic E-state index is 12.4. The lowest BCUT2D eigenvalue weighted by molar-refractivity contribution is 0.0633. The van der Waals surface area contributed by atoms with Gasteiger partial charge >= 0.3 is 0 Å². The van der Waals surface area contributed by atoms with Crippen molar-refractivity contribution in [2.24, 2.45) is 0 Å². The number of pyridine rings is 1. The molecule has 0 saturated carbocycles. The van der Waals surface area contributed by atoms with Gasteiger partial charge in [0.2, 0.25) is 0 Å². The van der Waals surface area contributed by atoms with Gasteiger partial charge < -0.3 is 4.90 Å². The van der Waals surface area contributed by atoms with Gasteiger partial charge in [-0.05, 0) is 30.7 Å². The summed E-state index contributed by atoms with van der Waals surface area (Å²) in [7, 11) is 0. The number of thiophene rings is 1. The molecule has 0 aliphatic carbocycles. The fraction of sp³-hybridized carbons (Fsp3) is 0.375. The van der Waals surface area contributed by atoms with E-state index in [9.17, 15) is 4.79 Å². The highest BCUT2D eigenvalue weighted by atomic mass is 32.1. The number of rotatable bonds is 3. The van der Waals surface area contributed by atoms with Crippen LogP contribution in [-0.4, -0.2) is 46.9 Å². The molecule has 1 saturated heterocycles. The Bertz CT molecular complexity index is 603. The van der Waals surface area contributed by atoms with Crippen molar-refractivity contribution < 1.29 is 4.79 Å². The van der Waals surface area contributed by atoms with Gasteiger partial charge in [0, 0.05) is 50.0 Å². The molecule has 21 heavy (non-hydrogen) atoms. The van der Waals surface area contributed by atoms with Crippen LogP contribution in [-0.2, 0) is 6.54 Å². The summed E-state index contributed by atoms with van der Waals surface area (Å²) in [4.78, 5) is 22.9. The van der Waals surface area contributed by atoms with Gasteiger partial charge in [-0.25, -0.2) is 0 Å². The highest BCUT2D eigenvalue weighted by molar-refractivity contribution is 7.13. The first kappa shape index (κ1) is 14.2. The summed E-state index contributed by atoms with van der Waals surface area (Å²) in [6, 6.07) is 8.01. The van der Waals surface area contributed by atoms with Gasteiger partial charge in [0.05, 0.1) is 4.88 Å². The Labute approximate surface area is 129 Å². The Balaban J connectivity index is 1.54. The first-order valence-electron chi connectivity index (χ1n) is 7.19. The lowest BCUT2D eigenvalue weighted by Crippen LogP contribution is -2.48. The predicted molar refractivity (Wildman–Crippen MR) is 84.5 cm³/mol. The summed E-state index contributed by atoms with van der Waals surface area (Å²) in [5.41, 5.74) is 1.23. The number of carbonyl (C=O) groups excluding carboxylic acids is 1. The SMILES string of the molecule is Cc1ccc(C(=O)N2CCN(Cc3cccnc3)CC2)s1. The van der Waals surface area contributed by atoms with Crippen LogP contribution in [0.1, 0.15) is 20.1 Å². The molecule has 5 heteroatoms. The fourth-order valence-corrected chi connectivity index (χ4v) is 3.40. The van der Waals surface area contributed by atoms with Crippen LogP contribution in [0.4, 0.5) is 0 Å². The van der Waals surface area contributed by atoms with Crippen molar-refractivity contribution in [3.8, 4) is 0 Å². The summed E-state index contributed by atoms with van der Waals surface area (Å²) in [6.07, 6.45) is 3.70. The van der Waals surface area contributed by atoms with Crippen LogP contribution in [0.25, 0.3) is 0 Å². The summed E-state index contributed by atoms with van der Waals surface area (Å²) in [6.45, 7) is 6.39. The Morgan fingerprint density at radius 1 is 1.24 bits per heavy atom. The molecule has 0 atom stereocenters. The molecule has 2 aromatic rings. The van der Waals surface area contributed by atoms with Crippen molar-refractivity contribution in [1.82, 2.24) is 14.8 Å². The molecule has 1 amide bonds. The van der Waals surface area contributed by atoms with Crippen LogP contribution in [0.3, 0.4) is 0 Å². The highest BCUT2D eigenvalue weighted by Crippen LogP contribution is 2.18. The molecule has 1 fully saturated rings. The number of aryl methyl sites for hydroxylation is 1. The summed E-state index contributed by atoms with van der Waals surface area (Å²) < 4.78 is 0. The third-order valence-electron chi connectivity index (χ3n) is 3.74. The van der Waals surface area contributed by atoms with Gasteiger partial charge in [-0.1, -0.05) is 6.07 Å². The minimum atomic E-state index is 0.175. The molecule has 0 bridgehead atoms. The molecular weight excluding hydrogens is 282 g/mol. The smallest absolute Gasteiger partial charge is 0.264 e. The molecule has 3 heterocycles. The van der Waals surface area contributed by atoms with Crippen molar-refractivity contribution in [2.45, 2.75) is 13.5 Å². The number of piperazine rings is 1. The van der Waals surface area contributed by atoms with Crippen LogP contribution >= 0.6 is 11.3 Å². The van der Waals surface area contributed by atoms with Gasteiger partial charge in [0.15, 0.2) is 0 Å². The molecule has 110 valence electrons. The Hall–Kier alpha value is -1.72. The molecule has 0 unspecified atom stereocenters. The zero-order chi connectivity index (χ0) is 14.7. The van der Waals surface area contributed by atoms with E-state index in [0.717, 1.165) is 37.6 Å². The van der Waals surface area contributed by atoms with Gasteiger partial charge in [0.25, 0.3) is 5.91 Å². The minimum absolute atomic E-state index is 0.175. The molecule has 0 aromatic carbocycles. The number of amides is 1. The summed E-state index contributed by atoms with van der Waals surface area (Å²) in [5, 5.41) is 0. The molecule has 1 aliphatic heterocycles. The number of aromatic nitrogens is 1. The highest BCUT2D eigenvalue weighted by Gasteiger charge is 2.22. The second kappa shape index (κ2) is 6.37. The monoisotopic (exact) mass is 301 g/mol. The van der Waals surface area contributed by atoms with Gasteiger partial charge in [-0.2, -0.15) is 0 Å². The molecule has 1 aliphatic rings. The zero-order valence-corrected chi connectivity index (χ0v) is 13.0. The average Bonchev–Trinajstić information content (AvgIpc) is 2.95. The van der Waals surface area contributed by atoms with E-state index in [0.29, 0.717) is 0 Å². The number of nitrogens with zero attached hydrogens (tertiary/aromatic N) is 3. The van der Waals surface area contributed by atoms with Crippen molar-refractivity contribution in [2.75, 3.05) is 26.2 Å². The van der Waals surface area contributed by atoms with Gasteiger partial charge in [0.1, 0.15) is 0 Å².